The van der Waals surface area contributed by atoms with Crippen LogP contribution < -0.4 is 10.6 Å². The van der Waals surface area contributed by atoms with Crippen LogP contribution in [0.2, 0.25) is 0 Å². The number of nitrogens with one attached hydrogen (secondary N) is 2. The van der Waals surface area contributed by atoms with E-state index >= 15 is 0 Å². The van der Waals surface area contributed by atoms with E-state index in [0.717, 1.165) is 16.7 Å². The molecule has 4 nitrogen and oxygen atoms in total. The number of benzene rings is 3. The Morgan fingerprint density at radius 3 is 1.59 bits per heavy atom. The third kappa shape index (κ3) is 5.05. The van der Waals surface area contributed by atoms with Gasteiger partial charge in [0.1, 0.15) is 0 Å². The second-order valence-electron chi connectivity index (χ2n) is 6.32. The summed E-state index contributed by atoms with van der Waals surface area (Å²) in [7, 11) is 0. The molecule has 0 heterocycles. The number of carbonyl (C=O) groups excluding carboxylic acids is 2. The molecule has 3 aromatic carbocycles. The van der Waals surface area contributed by atoms with E-state index in [9.17, 15) is 9.59 Å². The van der Waals surface area contributed by atoms with Crippen molar-refractivity contribution < 1.29 is 9.59 Å². The molecule has 4 heteroatoms. The number of rotatable bonds is 6. The van der Waals surface area contributed by atoms with Gasteiger partial charge in [-0.15, -0.1) is 0 Å². The van der Waals surface area contributed by atoms with Crippen molar-refractivity contribution in [2.24, 2.45) is 0 Å². The summed E-state index contributed by atoms with van der Waals surface area (Å²) >= 11 is 0. The minimum absolute atomic E-state index is 0.142. The van der Waals surface area contributed by atoms with Gasteiger partial charge in [-0.1, -0.05) is 60.2 Å². The molecule has 0 aliphatic heterocycles. The standard InChI is InChI=1S/C23H22N2O2/c1-17-7-9-20(10-8-17)22(26)24-15-16-25-23(27)21-13-11-19(12-14-21)18-5-3-2-4-6-18/h2-14H,15-16H2,1H3,(H,24,26)(H,25,27). The summed E-state index contributed by atoms with van der Waals surface area (Å²) in [6.07, 6.45) is 0. The first-order valence-corrected chi connectivity index (χ1v) is 8.92. The van der Waals surface area contributed by atoms with Crippen molar-refractivity contribution in [1.82, 2.24) is 10.6 Å². The number of hydrogen-bond acceptors (Lipinski definition) is 2. The van der Waals surface area contributed by atoms with E-state index in [1.165, 1.54) is 0 Å². The minimum atomic E-state index is -0.154. The Morgan fingerprint density at radius 1 is 0.630 bits per heavy atom. The SMILES string of the molecule is Cc1ccc(C(=O)NCCNC(=O)c2ccc(-c3ccccc3)cc2)cc1. The lowest BCUT2D eigenvalue weighted by atomic mass is 10.0. The normalized spacial score (nSPS) is 10.3. The highest BCUT2D eigenvalue weighted by Gasteiger charge is 2.07. The second kappa shape index (κ2) is 8.81. The summed E-state index contributed by atoms with van der Waals surface area (Å²) in [5, 5.41) is 5.62. The van der Waals surface area contributed by atoms with Crippen LogP contribution in [0.4, 0.5) is 0 Å². The first-order chi connectivity index (χ1) is 13.1. The third-order valence-corrected chi connectivity index (χ3v) is 4.26. The van der Waals surface area contributed by atoms with E-state index in [-0.39, 0.29) is 11.8 Å². The number of amides is 2. The van der Waals surface area contributed by atoms with Gasteiger partial charge in [-0.2, -0.15) is 0 Å². The van der Waals surface area contributed by atoms with E-state index in [1.807, 2.05) is 73.7 Å². The highest BCUT2D eigenvalue weighted by molar-refractivity contribution is 5.95. The van der Waals surface area contributed by atoms with Gasteiger partial charge in [0.25, 0.3) is 11.8 Å². The first kappa shape index (κ1) is 18.4. The molecule has 27 heavy (non-hydrogen) atoms. The lowest BCUT2D eigenvalue weighted by molar-refractivity contribution is 0.0927. The number of hydrogen-bond donors (Lipinski definition) is 2. The van der Waals surface area contributed by atoms with Crippen LogP contribution in [0, 0.1) is 6.92 Å². The van der Waals surface area contributed by atoms with Crippen molar-refractivity contribution in [2.75, 3.05) is 13.1 Å². The van der Waals surface area contributed by atoms with E-state index < -0.39 is 0 Å². The van der Waals surface area contributed by atoms with Crippen LogP contribution in [0.5, 0.6) is 0 Å². The zero-order valence-electron chi connectivity index (χ0n) is 15.2. The number of aryl methyl sites for hydroxylation is 1. The van der Waals surface area contributed by atoms with Crippen LogP contribution >= 0.6 is 0 Å². The van der Waals surface area contributed by atoms with Crippen LogP contribution in [0.25, 0.3) is 11.1 Å². The zero-order chi connectivity index (χ0) is 19.1. The molecule has 0 saturated carbocycles. The highest BCUT2D eigenvalue weighted by atomic mass is 16.2. The average molecular weight is 358 g/mol. The molecule has 0 atom stereocenters. The second-order valence-corrected chi connectivity index (χ2v) is 6.32. The Bertz CT molecular complexity index is 901. The Hall–Kier alpha value is -3.40. The summed E-state index contributed by atoms with van der Waals surface area (Å²) in [4.78, 5) is 24.2. The maximum absolute atomic E-state index is 12.2. The van der Waals surface area contributed by atoms with Gasteiger partial charge in [-0.25, -0.2) is 0 Å². The zero-order valence-corrected chi connectivity index (χ0v) is 15.2. The topological polar surface area (TPSA) is 58.2 Å². The molecule has 0 aliphatic rings. The van der Waals surface area contributed by atoms with Gasteiger partial charge in [0.05, 0.1) is 0 Å². The van der Waals surface area contributed by atoms with Gasteiger partial charge < -0.3 is 10.6 Å². The Kier molecular flexibility index (Phi) is 6.00. The van der Waals surface area contributed by atoms with E-state index in [0.29, 0.717) is 24.2 Å². The lowest BCUT2D eigenvalue weighted by Crippen LogP contribution is -2.34. The van der Waals surface area contributed by atoms with Gasteiger partial charge in [0.15, 0.2) is 0 Å². The molecule has 0 unspecified atom stereocenters. The maximum Gasteiger partial charge on any atom is 0.251 e. The lowest BCUT2D eigenvalue weighted by Gasteiger charge is -2.08. The molecule has 0 aromatic heterocycles. The van der Waals surface area contributed by atoms with Gasteiger partial charge in [-0.3, -0.25) is 9.59 Å². The third-order valence-electron chi connectivity index (χ3n) is 4.26. The molecule has 136 valence electrons. The summed E-state index contributed by atoms with van der Waals surface area (Å²) in [5.41, 5.74) is 4.50. The largest absolute Gasteiger partial charge is 0.350 e. The molecule has 0 radical (unpaired) electrons. The fourth-order valence-electron chi connectivity index (χ4n) is 2.71. The average Bonchev–Trinajstić information content (AvgIpc) is 2.72. The smallest absolute Gasteiger partial charge is 0.251 e. The summed E-state index contributed by atoms with van der Waals surface area (Å²) in [6.45, 7) is 2.72. The predicted octanol–water partition coefficient (Wildman–Crippen LogP) is 3.82. The van der Waals surface area contributed by atoms with Gasteiger partial charge in [0, 0.05) is 24.2 Å². The summed E-state index contributed by atoms with van der Waals surface area (Å²) in [5.74, 6) is -0.296. The van der Waals surface area contributed by atoms with Crippen molar-refractivity contribution in [2.45, 2.75) is 6.92 Å². The summed E-state index contributed by atoms with van der Waals surface area (Å²) in [6, 6.07) is 24.9. The van der Waals surface area contributed by atoms with Crippen LogP contribution in [0.1, 0.15) is 26.3 Å². The quantitative estimate of drug-likeness (QED) is 0.658. The molecule has 2 amide bonds. The van der Waals surface area contributed by atoms with Crippen molar-refractivity contribution in [1.29, 1.82) is 0 Å². The predicted molar refractivity (Wildman–Crippen MR) is 108 cm³/mol. The van der Waals surface area contributed by atoms with E-state index in [1.54, 1.807) is 12.1 Å². The van der Waals surface area contributed by atoms with E-state index in [4.69, 9.17) is 0 Å². The molecule has 0 aliphatic carbocycles. The molecule has 0 fully saturated rings. The van der Waals surface area contributed by atoms with Crippen LogP contribution in [0.15, 0.2) is 78.9 Å². The molecule has 0 saturated heterocycles. The first-order valence-electron chi connectivity index (χ1n) is 8.92. The van der Waals surface area contributed by atoms with Crippen molar-refractivity contribution in [3.05, 3.63) is 95.6 Å². The molecular formula is C23H22N2O2. The van der Waals surface area contributed by atoms with Gasteiger partial charge >= 0.3 is 0 Å². The monoisotopic (exact) mass is 358 g/mol. The fraction of sp³-hybridized carbons (Fsp3) is 0.130. The van der Waals surface area contributed by atoms with Crippen molar-refractivity contribution >= 4 is 11.8 Å². The molecule has 0 bridgehead atoms. The molecular weight excluding hydrogens is 336 g/mol. The van der Waals surface area contributed by atoms with Crippen LogP contribution in [-0.4, -0.2) is 24.9 Å². The molecule has 3 aromatic rings. The minimum Gasteiger partial charge on any atom is -0.350 e. The van der Waals surface area contributed by atoms with Crippen LogP contribution in [0.3, 0.4) is 0 Å². The fourth-order valence-corrected chi connectivity index (χ4v) is 2.71. The molecule has 2 N–H and O–H groups in total. The van der Waals surface area contributed by atoms with Crippen molar-refractivity contribution in [3.63, 3.8) is 0 Å². The van der Waals surface area contributed by atoms with Crippen LogP contribution in [-0.2, 0) is 0 Å². The van der Waals surface area contributed by atoms with E-state index in [2.05, 4.69) is 10.6 Å². The Morgan fingerprint density at radius 2 is 1.07 bits per heavy atom. The van der Waals surface area contributed by atoms with Gasteiger partial charge in [-0.05, 0) is 42.3 Å². The van der Waals surface area contributed by atoms with Crippen molar-refractivity contribution in [3.8, 4) is 11.1 Å². The highest BCUT2D eigenvalue weighted by Crippen LogP contribution is 2.19. The summed E-state index contributed by atoms with van der Waals surface area (Å²) < 4.78 is 0. The molecule has 0 spiro atoms. The number of carbonyl (C=O) groups is 2. The Balaban J connectivity index is 1.46. The van der Waals surface area contributed by atoms with Gasteiger partial charge in [0.2, 0.25) is 0 Å². The Labute approximate surface area is 159 Å². The molecule has 3 rings (SSSR count). The maximum atomic E-state index is 12.2.